The van der Waals surface area contributed by atoms with Crippen molar-refractivity contribution in [2.24, 2.45) is 0 Å². The van der Waals surface area contributed by atoms with Crippen LogP contribution in [0.1, 0.15) is 40.5 Å². The lowest BCUT2D eigenvalue weighted by molar-refractivity contribution is -0.116. The van der Waals surface area contributed by atoms with Crippen molar-refractivity contribution in [3.8, 4) is 0 Å². The van der Waals surface area contributed by atoms with Crippen molar-refractivity contribution in [2.75, 3.05) is 18.4 Å². The third-order valence-corrected chi connectivity index (χ3v) is 3.65. The Kier molecular flexibility index (Phi) is 7.36. The third-order valence-electron chi connectivity index (χ3n) is 3.65. The maximum Gasteiger partial charge on any atom is 0.253 e. The Hall–Kier alpha value is -3.15. The van der Waals surface area contributed by atoms with Gasteiger partial charge in [0, 0.05) is 25.1 Å². The van der Waals surface area contributed by atoms with E-state index in [1.165, 1.54) is 0 Å². The Balaban J connectivity index is 1.86. The van der Waals surface area contributed by atoms with E-state index in [-0.39, 0.29) is 30.7 Å². The van der Waals surface area contributed by atoms with Crippen LogP contribution in [-0.4, -0.2) is 30.8 Å². The maximum absolute atomic E-state index is 12.1. The molecular formula is C20H23N3O3. The van der Waals surface area contributed by atoms with Crippen LogP contribution in [0.5, 0.6) is 0 Å². The SMILES string of the molecule is CCCNC(=O)c1ccccc1NC(=O)CCNC(=O)c1ccccc1. The topological polar surface area (TPSA) is 87.3 Å². The van der Waals surface area contributed by atoms with Gasteiger partial charge in [0.15, 0.2) is 0 Å². The van der Waals surface area contributed by atoms with E-state index in [1.54, 1.807) is 48.5 Å². The molecule has 0 aliphatic rings. The molecule has 3 amide bonds. The lowest BCUT2D eigenvalue weighted by Gasteiger charge is -2.11. The van der Waals surface area contributed by atoms with Crippen LogP contribution in [-0.2, 0) is 4.79 Å². The molecule has 0 saturated heterocycles. The average Bonchev–Trinajstić information content (AvgIpc) is 2.67. The third kappa shape index (κ3) is 5.73. The van der Waals surface area contributed by atoms with E-state index in [9.17, 15) is 14.4 Å². The monoisotopic (exact) mass is 353 g/mol. The largest absolute Gasteiger partial charge is 0.352 e. The van der Waals surface area contributed by atoms with E-state index in [4.69, 9.17) is 0 Å². The van der Waals surface area contributed by atoms with Crippen molar-refractivity contribution < 1.29 is 14.4 Å². The molecule has 0 spiro atoms. The Morgan fingerprint density at radius 3 is 2.19 bits per heavy atom. The first-order chi connectivity index (χ1) is 12.6. The van der Waals surface area contributed by atoms with Crippen LogP contribution in [0.3, 0.4) is 0 Å². The fourth-order valence-electron chi connectivity index (χ4n) is 2.32. The van der Waals surface area contributed by atoms with Gasteiger partial charge in [0.1, 0.15) is 0 Å². The summed E-state index contributed by atoms with van der Waals surface area (Å²) in [6.07, 6.45) is 0.949. The zero-order valence-corrected chi connectivity index (χ0v) is 14.7. The van der Waals surface area contributed by atoms with Gasteiger partial charge in [0.25, 0.3) is 11.8 Å². The minimum absolute atomic E-state index is 0.115. The van der Waals surface area contributed by atoms with Gasteiger partial charge >= 0.3 is 0 Å². The van der Waals surface area contributed by atoms with Gasteiger partial charge in [0.2, 0.25) is 5.91 Å². The molecule has 2 rings (SSSR count). The molecule has 0 heterocycles. The Labute approximate surface area is 153 Å². The summed E-state index contributed by atoms with van der Waals surface area (Å²) in [6.45, 7) is 2.76. The number of amides is 3. The zero-order chi connectivity index (χ0) is 18.8. The first-order valence-electron chi connectivity index (χ1n) is 8.62. The van der Waals surface area contributed by atoms with Crippen LogP contribution < -0.4 is 16.0 Å². The number of nitrogens with one attached hydrogen (secondary N) is 3. The highest BCUT2D eigenvalue weighted by molar-refractivity contribution is 6.03. The van der Waals surface area contributed by atoms with Gasteiger partial charge in [-0.3, -0.25) is 14.4 Å². The van der Waals surface area contributed by atoms with Crippen LogP contribution in [0.2, 0.25) is 0 Å². The number of carbonyl (C=O) groups is 3. The zero-order valence-electron chi connectivity index (χ0n) is 14.7. The molecule has 0 unspecified atom stereocenters. The van der Waals surface area contributed by atoms with Crippen molar-refractivity contribution in [2.45, 2.75) is 19.8 Å². The molecule has 0 radical (unpaired) electrons. The van der Waals surface area contributed by atoms with E-state index in [0.717, 1.165) is 6.42 Å². The Bertz CT molecular complexity index is 760. The van der Waals surface area contributed by atoms with Crippen molar-refractivity contribution in [3.05, 3.63) is 65.7 Å². The van der Waals surface area contributed by atoms with Gasteiger partial charge in [-0.25, -0.2) is 0 Å². The first kappa shape index (κ1) is 19.2. The normalized spacial score (nSPS) is 10.0. The van der Waals surface area contributed by atoms with Gasteiger partial charge in [0.05, 0.1) is 11.3 Å². The minimum Gasteiger partial charge on any atom is -0.352 e. The molecular weight excluding hydrogens is 330 g/mol. The number of rotatable bonds is 8. The molecule has 0 fully saturated rings. The van der Waals surface area contributed by atoms with E-state index in [2.05, 4.69) is 16.0 Å². The number of carbonyl (C=O) groups excluding carboxylic acids is 3. The van der Waals surface area contributed by atoms with E-state index >= 15 is 0 Å². The molecule has 0 atom stereocenters. The minimum atomic E-state index is -0.269. The number of para-hydroxylation sites is 1. The van der Waals surface area contributed by atoms with Gasteiger partial charge in [-0.1, -0.05) is 37.3 Å². The predicted octanol–water partition coefficient (Wildman–Crippen LogP) is 2.59. The first-order valence-corrected chi connectivity index (χ1v) is 8.62. The molecule has 2 aromatic carbocycles. The molecule has 0 aromatic heterocycles. The molecule has 0 saturated carbocycles. The predicted molar refractivity (Wildman–Crippen MR) is 101 cm³/mol. The van der Waals surface area contributed by atoms with Gasteiger partial charge in [-0.15, -0.1) is 0 Å². The summed E-state index contributed by atoms with van der Waals surface area (Å²) in [5.74, 6) is -0.716. The van der Waals surface area contributed by atoms with Crippen LogP contribution in [0.15, 0.2) is 54.6 Å². The van der Waals surface area contributed by atoms with Crippen molar-refractivity contribution in [1.82, 2.24) is 10.6 Å². The number of benzene rings is 2. The maximum atomic E-state index is 12.1. The second-order valence-corrected chi connectivity index (χ2v) is 5.72. The number of hydrogen-bond acceptors (Lipinski definition) is 3. The van der Waals surface area contributed by atoms with E-state index < -0.39 is 0 Å². The summed E-state index contributed by atoms with van der Waals surface area (Å²) in [7, 11) is 0. The van der Waals surface area contributed by atoms with Crippen LogP contribution in [0.25, 0.3) is 0 Å². The summed E-state index contributed by atoms with van der Waals surface area (Å²) in [4.78, 5) is 36.2. The summed E-state index contributed by atoms with van der Waals surface area (Å²) >= 11 is 0. The Morgan fingerprint density at radius 1 is 0.808 bits per heavy atom. The molecule has 26 heavy (non-hydrogen) atoms. The lowest BCUT2D eigenvalue weighted by atomic mass is 10.1. The van der Waals surface area contributed by atoms with E-state index in [1.807, 2.05) is 13.0 Å². The summed E-state index contributed by atoms with van der Waals surface area (Å²) in [5.41, 5.74) is 1.42. The molecule has 0 aliphatic heterocycles. The number of hydrogen-bond donors (Lipinski definition) is 3. The fraction of sp³-hybridized carbons (Fsp3) is 0.250. The van der Waals surface area contributed by atoms with Crippen molar-refractivity contribution >= 4 is 23.4 Å². The highest BCUT2D eigenvalue weighted by Gasteiger charge is 2.13. The second-order valence-electron chi connectivity index (χ2n) is 5.72. The summed E-state index contributed by atoms with van der Waals surface area (Å²) < 4.78 is 0. The summed E-state index contributed by atoms with van der Waals surface area (Å²) in [5, 5.41) is 8.22. The van der Waals surface area contributed by atoms with Crippen molar-refractivity contribution in [3.63, 3.8) is 0 Å². The van der Waals surface area contributed by atoms with Gasteiger partial charge in [-0.2, -0.15) is 0 Å². The molecule has 3 N–H and O–H groups in total. The molecule has 2 aromatic rings. The quantitative estimate of drug-likeness (QED) is 0.682. The highest BCUT2D eigenvalue weighted by atomic mass is 16.2. The smallest absolute Gasteiger partial charge is 0.253 e. The standard InChI is InChI=1S/C20H23N3O3/c1-2-13-21-20(26)16-10-6-7-11-17(16)23-18(24)12-14-22-19(25)15-8-4-3-5-9-15/h3-11H,2,12-14H2,1H3,(H,21,26)(H,22,25)(H,23,24). The average molecular weight is 353 g/mol. The molecule has 136 valence electrons. The van der Waals surface area contributed by atoms with E-state index in [0.29, 0.717) is 23.4 Å². The summed E-state index contributed by atoms with van der Waals surface area (Å²) in [6, 6.07) is 15.7. The van der Waals surface area contributed by atoms with Crippen LogP contribution in [0.4, 0.5) is 5.69 Å². The van der Waals surface area contributed by atoms with Crippen molar-refractivity contribution in [1.29, 1.82) is 0 Å². The highest BCUT2D eigenvalue weighted by Crippen LogP contribution is 2.15. The fourth-order valence-corrected chi connectivity index (χ4v) is 2.32. The second kappa shape index (κ2) is 9.98. The van der Waals surface area contributed by atoms with Gasteiger partial charge < -0.3 is 16.0 Å². The molecule has 0 aliphatic carbocycles. The number of anilines is 1. The van der Waals surface area contributed by atoms with Crippen LogP contribution in [0, 0.1) is 0 Å². The Morgan fingerprint density at radius 2 is 1.46 bits per heavy atom. The lowest BCUT2D eigenvalue weighted by Crippen LogP contribution is -2.28. The molecule has 6 nitrogen and oxygen atoms in total. The molecule has 0 bridgehead atoms. The van der Waals surface area contributed by atoms with Gasteiger partial charge in [-0.05, 0) is 30.7 Å². The molecule has 6 heteroatoms. The van der Waals surface area contributed by atoms with Crippen LogP contribution >= 0.6 is 0 Å².